The number of hydrogen-bond acceptors (Lipinski definition) is 1. The number of benzene rings is 1. The summed E-state index contributed by atoms with van der Waals surface area (Å²) in [5.74, 6) is 0.961. The molecule has 0 saturated carbocycles. The first-order valence-corrected chi connectivity index (χ1v) is 6.01. The maximum Gasteiger partial charge on any atom is 0.119 e. The lowest BCUT2D eigenvalue weighted by atomic mass is 9.98. The molecule has 0 atom stereocenters. The Labute approximate surface area is 94.6 Å². The normalized spacial score (nSPS) is 10.3. The highest BCUT2D eigenvalue weighted by Gasteiger charge is 2.04. The molecule has 0 saturated heterocycles. The third kappa shape index (κ3) is 2.74. The average Bonchev–Trinajstić information content (AvgIpc) is 2.16. The van der Waals surface area contributed by atoms with Crippen molar-refractivity contribution in [3.63, 3.8) is 0 Å². The van der Waals surface area contributed by atoms with Gasteiger partial charge in [-0.1, -0.05) is 15.9 Å². The summed E-state index contributed by atoms with van der Waals surface area (Å²) in [4.78, 5) is 0. The van der Waals surface area contributed by atoms with Crippen molar-refractivity contribution in [3.05, 3.63) is 28.8 Å². The summed E-state index contributed by atoms with van der Waals surface area (Å²) in [5, 5.41) is 1.07. The molecule has 1 rings (SSSR count). The third-order valence-corrected chi connectivity index (χ3v) is 3.03. The first kappa shape index (κ1) is 11.6. The summed E-state index contributed by atoms with van der Waals surface area (Å²) in [5.41, 5.74) is 4.14. The summed E-state index contributed by atoms with van der Waals surface area (Å²) in [6.07, 6.45) is 2.33. The van der Waals surface area contributed by atoms with Gasteiger partial charge in [-0.15, -0.1) is 0 Å². The van der Waals surface area contributed by atoms with E-state index in [0.717, 1.165) is 17.5 Å². The minimum absolute atomic E-state index is 0.961. The molecule has 2 heteroatoms. The molecular weight excluding hydrogens is 240 g/mol. The number of alkyl halides is 1. The molecule has 0 aromatic heterocycles. The molecule has 1 nitrogen and oxygen atoms in total. The largest absolute Gasteiger partial charge is 0.497 e. The average molecular weight is 257 g/mol. The zero-order valence-electron chi connectivity index (χ0n) is 9.06. The van der Waals surface area contributed by atoms with E-state index >= 15 is 0 Å². The molecule has 0 aliphatic rings. The van der Waals surface area contributed by atoms with Crippen LogP contribution in [0, 0.1) is 13.8 Å². The Morgan fingerprint density at radius 3 is 2.21 bits per heavy atom. The molecule has 0 radical (unpaired) electrons. The van der Waals surface area contributed by atoms with Crippen molar-refractivity contribution in [1.29, 1.82) is 0 Å². The van der Waals surface area contributed by atoms with Crippen LogP contribution in [0.4, 0.5) is 0 Å². The van der Waals surface area contributed by atoms with E-state index in [4.69, 9.17) is 4.74 Å². The van der Waals surface area contributed by atoms with Crippen LogP contribution in [0.3, 0.4) is 0 Å². The van der Waals surface area contributed by atoms with Crippen LogP contribution in [0.5, 0.6) is 5.75 Å². The van der Waals surface area contributed by atoms with E-state index in [-0.39, 0.29) is 0 Å². The van der Waals surface area contributed by atoms with Gasteiger partial charge in [0.1, 0.15) is 5.75 Å². The van der Waals surface area contributed by atoms with E-state index in [0.29, 0.717) is 0 Å². The molecule has 0 N–H and O–H groups in total. The minimum atomic E-state index is 0.961. The predicted octanol–water partition coefficient (Wildman–Crippen LogP) is 3.64. The van der Waals surface area contributed by atoms with Gasteiger partial charge in [-0.3, -0.25) is 0 Å². The lowest BCUT2D eigenvalue weighted by molar-refractivity contribution is 0.414. The fraction of sp³-hybridized carbons (Fsp3) is 0.500. The summed E-state index contributed by atoms with van der Waals surface area (Å²) >= 11 is 3.46. The Balaban J connectivity index is 2.93. The highest BCUT2D eigenvalue weighted by molar-refractivity contribution is 9.09. The van der Waals surface area contributed by atoms with Crippen molar-refractivity contribution in [2.24, 2.45) is 0 Å². The molecule has 0 heterocycles. The second kappa shape index (κ2) is 5.40. The van der Waals surface area contributed by atoms with Gasteiger partial charge in [-0.05, 0) is 55.5 Å². The highest BCUT2D eigenvalue weighted by atomic mass is 79.9. The standard InChI is InChI=1S/C12H17BrO/c1-9-7-11(14-3)8-10(2)12(9)5-4-6-13/h7-8H,4-6H2,1-3H3. The molecule has 14 heavy (non-hydrogen) atoms. The topological polar surface area (TPSA) is 9.23 Å². The molecule has 0 unspecified atom stereocenters. The van der Waals surface area contributed by atoms with Crippen LogP contribution in [0.25, 0.3) is 0 Å². The Kier molecular flexibility index (Phi) is 4.46. The maximum absolute atomic E-state index is 5.23. The Bertz CT molecular complexity index is 284. The van der Waals surface area contributed by atoms with Crippen LogP contribution in [0.1, 0.15) is 23.1 Å². The van der Waals surface area contributed by atoms with E-state index in [9.17, 15) is 0 Å². The first-order chi connectivity index (χ1) is 6.69. The smallest absolute Gasteiger partial charge is 0.119 e. The second-order valence-electron chi connectivity index (χ2n) is 3.53. The van der Waals surface area contributed by atoms with Gasteiger partial charge in [0, 0.05) is 5.33 Å². The van der Waals surface area contributed by atoms with E-state index < -0.39 is 0 Å². The highest BCUT2D eigenvalue weighted by Crippen LogP contribution is 2.22. The van der Waals surface area contributed by atoms with Gasteiger partial charge in [0.2, 0.25) is 0 Å². The molecule has 0 amide bonds. The molecule has 0 aliphatic carbocycles. The van der Waals surface area contributed by atoms with E-state index in [1.54, 1.807) is 7.11 Å². The zero-order valence-corrected chi connectivity index (χ0v) is 10.6. The Hall–Kier alpha value is -0.500. The SMILES string of the molecule is COc1cc(C)c(CCCBr)c(C)c1. The van der Waals surface area contributed by atoms with Gasteiger partial charge in [-0.2, -0.15) is 0 Å². The molecule has 1 aromatic rings. The summed E-state index contributed by atoms with van der Waals surface area (Å²) in [6, 6.07) is 4.22. The van der Waals surface area contributed by atoms with E-state index in [2.05, 4.69) is 41.9 Å². The molecule has 0 aliphatic heterocycles. The van der Waals surface area contributed by atoms with Crippen LogP contribution in [0.2, 0.25) is 0 Å². The molecule has 0 spiro atoms. The predicted molar refractivity (Wildman–Crippen MR) is 64.6 cm³/mol. The van der Waals surface area contributed by atoms with Crippen molar-refractivity contribution in [1.82, 2.24) is 0 Å². The number of methoxy groups -OCH3 is 1. The summed E-state index contributed by atoms with van der Waals surface area (Å²) in [7, 11) is 1.71. The quantitative estimate of drug-likeness (QED) is 0.748. The van der Waals surface area contributed by atoms with Gasteiger partial charge in [0.25, 0.3) is 0 Å². The lowest BCUT2D eigenvalue weighted by Crippen LogP contribution is -1.96. The van der Waals surface area contributed by atoms with Gasteiger partial charge in [0.05, 0.1) is 7.11 Å². The van der Waals surface area contributed by atoms with Gasteiger partial charge < -0.3 is 4.74 Å². The number of aryl methyl sites for hydroxylation is 2. The van der Waals surface area contributed by atoms with Crippen molar-refractivity contribution in [3.8, 4) is 5.75 Å². The number of rotatable bonds is 4. The fourth-order valence-electron chi connectivity index (χ4n) is 1.71. The minimum Gasteiger partial charge on any atom is -0.497 e. The molecule has 1 aromatic carbocycles. The number of ether oxygens (including phenoxy) is 1. The molecule has 0 bridgehead atoms. The van der Waals surface area contributed by atoms with Crippen molar-refractivity contribution in [2.75, 3.05) is 12.4 Å². The van der Waals surface area contributed by atoms with Crippen molar-refractivity contribution >= 4 is 15.9 Å². The Morgan fingerprint density at radius 1 is 1.21 bits per heavy atom. The van der Waals surface area contributed by atoms with Gasteiger partial charge in [0.15, 0.2) is 0 Å². The Morgan fingerprint density at radius 2 is 1.79 bits per heavy atom. The van der Waals surface area contributed by atoms with E-state index in [1.165, 1.54) is 23.1 Å². The third-order valence-electron chi connectivity index (χ3n) is 2.47. The molecule has 0 fully saturated rings. The fourth-order valence-corrected chi connectivity index (χ4v) is 1.99. The zero-order chi connectivity index (χ0) is 10.6. The lowest BCUT2D eigenvalue weighted by Gasteiger charge is -2.11. The molecule has 78 valence electrons. The van der Waals surface area contributed by atoms with Gasteiger partial charge >= 0.3 is 0 Å². The number of halogens is 1. The summed E-state index contributed by atoms with van der Waals surface area (Å²) < 4.78 is 5.23. The molecular formula is C12H17BrO. The monoisotopic (exact) mass is 256 g/mol. The van der Waals surface area contributed by atoms with Crippen molar-refractivity contribution in [2.45, 2.75) is 26.7 Å². The maximum atomic E-state index is 5.23. The van der Waals surface area contributed by atoms with Gasteiger partial charge in [-0.25, -0.2) is 0 Å². The van der Waals surface area contributed by atoms with Crippen LogP contribution in [0.15, 0.2) is 12.1 Å². The first-order valence-electron chi connectivity index (χ1n) is 4.89. The second-order valence-corrected chi connectivity index (χ2v) is 4.33. The number of hydrogen-bond donors (Lipinski definition) is 0. The van der Waals surface area contributed by atoms with Crippen LogP contribution >= 0.6 is 15.9 Å². The van der Waals surface area contributed by atoms with Crippen molar-refractivity contribution < 1.29 is 4.74 Å². The van der Waals surface area contributed by atoms with Crippen LogP contribution < -0.4 is 4.74 Å². The van der Waals surface area contributed by atoms with Crippen LogP contribution in [-0.2, 0) is 6.42 Å². The summed E-state index contributed by atoms with van der Waals surface area (Å²) in [6.45, 7) is 4.30. The van der Waals surface area contributed by atoms with E-state index in [1.807, 2.05) is 0 Å². The van der Waals surface area contributed by atoms with Crippen LogP contribution in [-0.4, -0.2) is 12.4 Å².